The first-order valence-electron chi connectivity index (χ1n) is 10.5. The van der Waals surface area contributed by atoms with Gasteiger partial charge in [0.1, 0.15) is 0 Å². The number of benzene rings is 2. The third-order valence-corrected chi connectivity index (χ3v) is 5.87. The predicted molar refractivity (Wildman–Crippen MR) is 121 cm³/mol. The van der Waals surface area contributed by atoms with Gasteiger partial charge in [-0.05, 0) is 61.9 Å². The van der Waals surface area contributed by atoms with Gasteiger partial charge in [-0.2, -0.15) is 0 Å². The summed E-state index contributed by atoms with van der Waals surface area (Å²) in [6.45, 7) is 7.49. The van der Waals surface area contributed by atoms with Gasteiger partial charge in [0, 0.05) is 31.0 Å². The molecule has 1 N–H and O–H groups in total. The molecule has 3 aromatic rings. The molecule has 1 aromatic heterocycles. The molecule has 5 heteroatoms. The number of nitrogens with one attached hydrogen (secondary N) is 1. The zero-order valence-electron chi connectivity index (χ0n) is 17.9. The Kier molecular flexibility index (Phi) is 5.79. The molecule has 0 unspecified atom stereocenters. The molecule has 0 bridgehead atoms. The van der Waals surface area contributed by atoms with Gasteiger partial charge in [-0.3, -0.25) is 4.79 Å². The van der Waals surface area contributed by atoms with E-state index in [1.807, 2.05) is 36.1 Å². The van der Waals surface area contributed by atoms with Crippen molar-refractivity contribution >= 4 is 11.9 Å². The molecule has 1 fully saturated rings. The second kappa shape index (κ2) is 8.66. The molecule has 0 aliphatic carbocycles. The molecule has 0 saturated carbocycles. The van der Waals surface area contributed by atoms with Gasteiger partial charge in [0.25, 0.3) is 5.91 Å². The first-order valence-corrected chi connectivity index (χ1v) is 10.5. The van der Waals surface area contributed by atoms with Crippen LogP contribution in [0.4, 0.5) is 5.95 Å². The van der Waals surface area contributed by atoms with Crippen molar-refractivity contribution in [3.8, 4) is 11.1 Å². The fourth-order valence-corrected chi connectivity index (χ4v) is 4.09. The zero-order chi connectivity index (χ0) is 21.1. The average molecular weight is 401 g/mol. The fourth-order valence-electron chi connectivity index (χ4n) is 4.09. The van der Waals surface area contributed by atoms with Crippen molar-refractivity contribution in [2.45, 2.75) is 39.7 Å². The van der Waals surface area contributed by atoms with E-state index in [1.165, 1.54) is 0 Å². The molecule has 1 atom stereocenters. The highest BCUT2D eigenvalue weighted by atomic mass is 16.2. The second-order valence-corrected chi connectivity index (χ2v) is 8.05. The van der Waals surface area contributed by atoms with Crippen molar-refractivity contribution in [2.24, 2.45) is 0 Å². The molecule has 1 saturated heterocycles. The molecule has 4 rings (SSSR count). The quantitative estimate of drug-likeness (QED) is 0.684. The molecule has 1 amide bonds. The average Bonchev–Trinajstić information content (AvgIpc) is 2.76. The number of anilines is 1. The topological polar surface area (TPSA) is 58.1 Å². The number of rotatable bonds is 4. The molecule has 5 nitrogen and oxygen atoms in total. The maximum absolute atomic E-state index is 13.7. The minimum atomic E-state index is 0.103. The lowest BCUT2D eigenvalue weighted by Gasteiger charge is -2.34. The normalized spacial score (nSPS) is 16.4. The minimum absolute atomic E-state index is 0.103. The summed E-state index contributed by atoms with van der Waals surface area (Å²) in [7, 11) is 0. The highest BCUT2D eigenvalue weighted by Crippen LogP contribution is 2.30. The lowest BCUT2D eigenvalue weighted by Crippen LogP contribution is -2.45. The standard InChI is InChI=1S/C25H28N4O/c1-17-11-12-22(20-8-5-4-6-9-20)23(19(17)3)24(30)29-15-7-10-21(16-29)28-25-26-14-13-18(2)27-25/h4-6,8-9,11-14,21H,7,10,15-16H2,1-3H3,(H,26,27,28)/t21-/m1/s1. The maximum Gasteiger partial charge on any atom is 0.254 e. The number of carbonyl (C=O) groups excluding carboxylic acids is 1. The zero-order valence-corrected chi connectivity index (χ0v) is 17.9. The summed E-state index contributed by atoms with van der Waals surface area (Å²) in [5.41, 5.74) is 6.01. The molecule has 1 aliphatic heterocycles. The van der Waals surface area contributed by atoms with Crippen LogP contribution in [0.15, 0.2) is 54.7 Å². The van der Waals surface area contributed by atoms with Crippen molar-refractivity contribution in [3.05, 3.63) is 77.1 Å². The summed E-state index contributed by atoms with van der Waals surface area (Å²) in [4.78, 5) is 24.4. The van der Waals surface area contributed by atoms with E-state index in [1.54, 1.807) is 6.20 Å². The maximum atomic E-state index is 13.7. The highest BCUT2D eigenvalue weighted by molar-refractivity contribution is 6.02. The van der Waals surface area contributed by atoms with Gasteiger partial charge < -0.3 is 10.2 Å². The van der Waals surface area contributed by atoms with Crippen LogP contribution in [0.25, 0.3) is 11.1 Å². The number of hydrogen-bond acceptors (Lipinski definition) is 4. The number of aromatic nitrogens is 2. The number of piperidine rings is 1. The Hall–Kier alpha value is -3.21. The van der Waals surface area contributed by atoms with Crippen molar-refractivity contribution in [1.29, 1.82) is 0 Å². The lowest BCUT2D eigenvalue weighted by molar-refractivity contribution is 0.0714. The number of amides is 1. The third-order valence-electron chi connectivity index (χ3n) is 5.87. The van der Waals surface area contributed by atoms with E-state index < -0.39 is 0 Å². The van der Waals surface area contributed by atoms with Gasteiger partial charge >= 0.3 is 0 Å². The van der Waals surface area contributed by atoms with Gasteiger partial charge in [-0.1, -0.05) is 42.5 Å². The van der Waals surface area contributed by atoms with Crippen LogP contribution in [-0.2, 0) is 0 Å². The van der Waals surface area contributed by atoms with Crippen LogP contribution in [0, 0.1) is 20.8 Å². The molecular formula is C25H28N4O. The Morgan fingerprint density at radius 2 is 1.87 bits per heavy atom. The predicted octanol–water partition coefficient (Wildman–Crippen LogP) is 4.79. The fraction of sp³-hybridized carbons (Fsp3) is 0.320. The second-order valence-electron chi connectivity index (χ2n) is 8.05. The monoisotopic (exact) mass is 400 g/mol. The number of likely N-dealkylation sites (tertiary alicyclic amines) is 1. The van der Waals surface area contributed by atoms with E-state index in [0.717, 1.165) is 52.9 Å². The largest absolute Gasteiger partial charge is 0.350 e. The molecule has 0 spiro atoms. The van der Waals surface area contributed by atoms with Crippen molar-refractivity contribution in [3.63, 3.8) is 0 Å². The molecule has 2 heterocycles. The van der Waals surface area contributed by atoms with Gasteiger partial charge in [-0.15, -0.1) is 0 Å². The summed E-state index contributed by atoms with van der Waals surface area (Å²) in [6, 6.07) is 16.4. The Balaban J connectivity index is 1.60. The Morgan fingerprint density at radius 1 is 1.07 bits per heavy atom. The van der Waals surface area contributed by atoms with Crippen LogP contribution < -0.4 is 5.32 Å². The van der Waals surface area contributed by atoms with E-state index in [0.29, 0.717) is 12.5 Å². The molecule has 154 valence electrons. The summed E-state index contributed by atoms with van der Waals surface area (Å²) in [6.07, 6.45) is 3.72. The summed E-state index contributed by atoms with van der Waals surface area (Å²) < 4.78 is 0. The Labute approximate surface area is 178 Å². The van der Waals surface area contributed by atoms with E-state index in [9.17, 15) is 4.79 Å². The minimum Gasteiger partial charge on any atom is -0.350 e. The molecule has 30 heavy (non-hydrogen) atoms. The van der Waals surface area contributed by atoms with Crippen LogP contribution in [0.5, 0.6) is 0 Å². The van der Waals surface area contributed by atoms with Crippen molar-refractivity contribution in [2.75, 3.05) is 18.4 Å². The van der Waals surface area contributed by atoms with Gasteiger partial charge in [0.05, 0.1) is 5.56 Å². The van der Waals surface area contributed by atoms with Gasteiger partial charge in [-0.25, -0.2) is 9.97 Å². The van der Waals surface area contributed by atoms with Crippen LogP contribution in [0.1, 0.15) is 40.0 Å². The van der Waals surface area contributed by atoms with Crippen LogP contribution in [0.3, 0.4) is 0 Å². The van der Waals surface area contributed by atoms with Crippen molar-refractivity contribution in [1.82, 2.24) is 14.9 Å². The smallest absolute Gasteiger partial charge is 0.254 e. The molecule has 1 aliphatic rings. The Morgan fingerprint density at radius 3 is 2.63 bits per heavy atom. The number of hydrogen-bond donors (Lipinski definition) is 1. The molecular weight excluding hydrogens is 372 g/mol. The van der Waals surface area contributed by atoms with Crippen LogP contribution in [-0.4, -0.2) is 39.9 Å². The van der Waals surface area contributed by atoms with E-state index in [2.05, 4.69) is 53.4 Å². The Bertz CT molecular complexity index is 1050. The number of carbonyl (C=O) groups is 1. The van der Waals surface area contributed by atoms with E-state index >= 15 is 0 Å². The number of nitrogens with zero attached hydrogens (tertiary/aromatic N) is 3. The summed E-state index contributed by atoms with van der Waals surface area (Å²) >= 11 is 0. The first-order chi connectivity index (χ1) is 14.5. The van der Waals surface area contributed by atoms with Crippen LogP contribution >= 0.6 is 0 Å². The lowest BCUT2D eigenvalue weighted by atomic mass is 9.91. The van der Waals surface area contributed by atoms with Crippen molar-refractivity contribution < 1.29 is 4.79 Å². The first kappa shape index (κ1) is 20.1. The molecule has 2 aromatic carbocycles. The van der Waals surface area contributed by atoms with Crippen LogP contribution in [0.2, 0.25) is 0 Å². The SMILES string of the molecule is Cc1ccnc(N[C@@H]2CCCN(C(=O)c3c(-c4ccccc4)ccc(C)c3C)C2)n1. The van der Waals surface area contributed by atoms with E-state index in [-0.39, 0.29) is 11.9 Å². The molecule has 0 radical (unpaired) electrons. The third kappa shape index (κ3) is 4.20. The summed E-state index contributed by atoms with van der Waals surface area (Å²) in [5, 5.41) is 3.41. The van der Waals surface area contributed by atoms with E-state index in [4.69, 9.17) is 0 Å². The number of aryl methyl sites for hydroxylation is 2. The summed E-state index contributed by atoms with van der Waals surface area (Å²) in [5.74, 6) is 0.734. The van der Waals surface area contributed by atoms with Gasteiger partial charge in [0.15, 0.2) is 0 Å². The van der Waals surface area contributed by atoms with Gasteiger partial charge in [0.2, 0.25) is 5.95 Å². The highest BCUT2D eigenvalue weighted by Gasteiger charge is 2.28.